The Bertz CT molecular complexity index is 466. The van der Waals surface area contributed by atoms with Crippen molar-refractivity contribution in [2.24, 2.45) is 0 Å². The van der Waals surface area contributed by atoms with E-state index >= 15 is 0 Å². The van der Waals surface area contributed by atoms with E-state index < -0.39 is 14.1 Å². The summed E-state index contributed by atoms with van der Waals surface area (Å²) >= 11 is 4.10. The minimum atomic E-state index is -1.71. The van der Waals surface area contributed by atoms with E-state index in [1.807, 2.05) is 18.2 Å². The maximum absolute atomic E-state index is 12.0. The van der Waals surface area contributed by atoms with E-state index in [1.165, 1.54) is 12.1 Å². The predicted octanol–water partition coefficient (Wildman–Crippen LogP) is 0.692. The van der Waals surface area contributed by atoms with E-state index in [-0.39, 0.29) is 11.8 Å². The predicted molar refractivity (Wildman–Crippen MR) is 88.0 cm³/mol. The molecule has 0 saturated carbocycles. The molecule has 110 valence electrons. The average Bonchev–Trinajstić information content (AvgIpc) is 2.43. The molecule has 4 nitrogen and oxygen atoms in total. The summed E-state index contributed by atoms with van der Waals surface area (Å²) in [5.41, 5.74) is 0. The molecule has 2 N–H and O–H groups in total. The lowest BCUT2D eigenvalue weighted by Crippen LogP contribution is -2.55. The van der Waals surface area contributed by atoms with Crippen molar-refractivity contribution in [1.82, 2.24) is 10.6 Å². The highest BCUT2D eigenvalue weighted by Crippen LogP contribution is 2.02. The van der Waals surface area contributed by atoms with Crippen LogP contribution < -0.4 is 15.8 Å². The van der Waals surface area contributed by atoms with Crippen LogP contribution in [-0.4, -0.2) is 37.9 Å². The first-order chi connectivity index (χ1) is 9.36. The molecule has 6 heteroatoms. The second-order valence-electron chi connectivity index (χ2n) is 5.40. The average molecular weight is 310 g/mol. The van der Waals surface area contributed by atoms with Gasteiger partial charge in [-0.25, -0.2) is 0 Å². The molecule has 2 amide bonds. The quantitative estimate of drug-likeness (QED) is 0.535. The second kappa shape index (κ2) is 7.49. The van der Waals surface area contributed by atoms with Crippen LogP contribution in [0.5, 0.6) is 0 Å². The third-order valence-electron chi connectivity index (χ3n) is 3.14. The van der Waals surface area contributed by atoms with Gasteiger partial charge in [0.05, 0.1) is 0 Å². The normalized spacial score (nSPS) is 12.6. The minimum absolute atomic E-state index is 0.174. The van der Waals surface area contributed by atoms with Crippen LogP contribution >= 0.6 is 12.6 Å². The summed E-state index contributed by atoms with van der Waals surface area (Å²) in [6, 6.07) is 9.64. The maximum atomic E-state index is 12.0. The summed E-state index contributed by atoms with van der Waals surface area (Å²) < 4.78 is 0. The van der Waals surface area contributed by atoms with Crippen LogP contribution in [0.25, 0.3) is 0 Å². The van der Waals surface area contributed by atoms with Gasteiger partial charge in [-0.3, -0.25) is 9.59 Å². The number of hydrogen-bond acceptors (Lipinski definition) is 3. The van der Waals surface area contributed by atoms with Crippen molar-refractivity contribution in [2.45, 2.75) is 26.1 Å². The highest BCUT2D eigenvalue weighted by atomic mass is 32.1. The van der Waals surface area contributed by atoms with Gasteiger partial charge in [-0.15, -0.1) is 0 Å². The standard InChI is InChI=1S/C14H22N2O2SSi/c1-11(17)16-13(9-19)14(18)15-10-20(2,3)12-7-5-4-6-8-12/h4-8,13,19H,9-10H2,1-3H3,(H,15,18)(H,16,17)/t13-/m0/s1. The van der Waals surface area contributed by atoms with Crippen molar-refractivity contribution >= 4 is 37.7 Å². The molecular weight excluding hydrogens is 288 g/mol. The summed E-state index contributed by atoms with van der Waals surface area (Å²) in [6.07, 6.45) is 0.639. The number of carbonyl (C=O) groups excluding carboxylic acids is 2. The minimum Gasteiger partial charge on any atom is -0.357 e. The first kappa shape index (κ1) is 16.8. The molecule has 0 saturated heterocycles. The number of carbonyl (C=O) groups is 2. The molecule has 0 spiro atoms. The van der Waals surface area contributed by atoms with E-state index in [9.17, 15) is 9.59 Å². The number of nitrogens with one attached hydrogen (secondary N) is 2. The lowest BCUT2D eigenvalue weighted by molar-refractivity contribution is -0.127. The Morgan fingerprint density at radius 2 is 1.85 bits per heavy atom. The zero-order valence-electron chi connectivity index (χ0n) is 12.1. The van der Waals surface area contributed by atoms with Gasteiger partial charge in [0.2, 0.25) is 11.8 Å². The molecule has 1 rings (SSSR count). The van der Waals surface area contributed by atoms with Crippen LogP contribution in [-0.2, 0) is 9.59 Å². The fourth-order valence-electron chi connectivity index (χ4n) is 1.86. The first-order valence-corrected chi connectivity index (χ1v) is 10.4. The maximum Gasteiger partial charge on any atom is 0.243 e. The topological polar surface area (TPSA) is 58.2 Å². The van der Waals surface area contributed by atoms with Gasteiger partial charge in [-0.1, -0.05) is 48.6 Å². The first-order valence-electron chi connectivity index (χ1n) is 6.58. The number of hydrogen-bond donors (Lipinski definition) is 3. The third kappa shape index (κ3) is 5.01. The van der Waals surface area contributed by atoms with Gasteiger partial charge >= 0.3 is 0 Å². The Morgan fingerprint density at radius 1 is 1.25 bits per heavy atom. The van der Waals surface area contributed by atoms with Gasteiger partial charge < -0.3 is 10.6 Å². The van der Waals surface area contributed by atoms with Crippen molar-refractivity contribution in [3.05, 3.63) is 30.3 Å². The number of amides is 2. The number of benzene rings is 1. The van der Waals surface area contributed by atoms with Crippen molar-refractivity contribution in [1.29, 1.82) is 0 Å². The SMILES string of the molecule is CC(=O)N[C@@H](CS)C(=O)NC[Si](C)(C)c1ccccc1. The zero-order chi connectivity index (χ0) is 15.2. The zero-order valence-corrected chi connectivity index (χ0v) is 14.0. The summed E-state index contributed by atoms with van der Waals surface area (Å²) in [7, 11) is -1.71. The summed E-state index contributed by atoms with van der Waals surface area (Å²) in [4.78, 5) is 23.1. The monoisotopic (exact) mass is 310 g/mol. The smallest absolute Gasteiger partial charge is 0.243 e. The molecule has 0 aliphatic heterocycles. The van der Waals surface area contributed by atoms with Crippen LogP contribution in [0.2, 0.25) is 13.1 Å². The highest BCUT2D eigenvalue weighted by Gasteiger charge is 2.26. The number of thiol groups is 1. The van der Waals surface area contributed by atoms with E-state index in [1.54, 1.807) is 0 Å². The van der Waals surface area contributed by atoms with Gasteiger partial charge in [0, 0.05) is 18.8 Å². The Morgan fingerprint density at radius 3 is 2.35 bits per heavy atom. The van der Waals surface area contributed by atoms with Gasteiger partial charge in [-0.05, 0) is 0 Å². The third-order valence-corrected chi connectivity index (χ3v) is 6.46. The Kier molecular flexibility index (Phi) is 6.29. The Labute approximate surface area is 126 Å². The molecule has 0 aromatic heterocycles. The van der Waals surface area contributed by atoms with E-state index in [0.29, 0.717) is 11.9 Å². The summed E-state index contributed by atoms with van der Waals surface area (Å²) in [5.74, 6) is -0.107. The highest BCUT2D eigenvalue weighted by molar-refractivity contribution is 7.80. The molecule has 0 bridgehead atoms. The van der Waals surface area contributed by atoms with Gasteiger partial charge in [-0.2, -0.15) is 12.6 Å². The summed E-state index contributed by atoms with van der Waals surface area (Å²) in [6.45, 7) is 5.81. The van der Waals surface area contributed by atoms with Crippen LogP contribution in [0.15, 0.2) is 30.3 Å². The fourth-order valence-corrected chi connectivity index (χ4v) is 4.03. The van der Waals surface area contributed by atoms with E-state index in [2.05, 4.69) is 48.5 Å². The molecule has 0 aliphatic carbocycles. The van der Waals surface area contributed by atoms with Gasteiger partial charge in [0.15, 0.2) is 0 Å². The molecule has 0 aliphatic rings. The van der Waals surface area contributed by atoms with Gasteiger partial charge in [0.25, 0.3) is 0 Å². The Balaban J connectivity index is 2.61. The van der Waals surface area contributed by atoms with Crippen LogP contribution in [0.3, 0.4) is 0 Å². The van der Waals surface area contributed by atoms with Crippen molar-refractivity contribution in [3.63, 3.8) is 0 Å². The van der Waals surface area contributed by atoms with Crippen LogP contribution in [0.1, 0.15) is 6.92 Å². The molecule has 1 aromatic rings. The van der Waals surface area contributed by atoms with E-state index in [0.717, 1.165) is 0 Å². The molecule has 0 radical (unpaired) electrons. The molecule has 20 heavy (non-hydrogen) atoms. The fraction of sp³-hybridized carbons (Fsp3) is 0.429. The van der Waals surface area contributed by atoms with Gasteiger partial charge in [0.1, 0.15) is 14.1 Å². The Hall–Kier alpha value is -1.27. The molecule has 1 atom stereocenters. The van der Waals surface area contributed by atoms with Crippen molar-refractivity contribution in [2.75, 3.05) is 11.9 Å². The van der Waals surface area contributed by atoms with Crippen LogP contribution in [0.4, 0.5) is 0 Å². The van der Waals surface area contributed by atoms with Crippen molar-refractivity contribution < 1.29 is 9.59 Å². The summed E-state index contributed by atoms with van der Waals surface area (Å²) in [5, 5.41) is 6.82. The molecule has 1 aromatic carbocycles. The largest absolute Gasteiger partial charge is 0.357 e. The molecular formula is C14H22N2O2SSi. The molecule has 0 heterocycles. The van der Waals surface area contributed by atoms with Crippen LogP contribution in [0, 0.1) is 0 Å². The lowest BCUT2D eigenvalue weighted by atomic mass is 10.3. The number of rotatable bonds is 6. The molecule has 0 unspecified atom stereocenters. The van der Waals surface area contributed by atoms with Crippen molar-refractivity contribution in [3.8, 4) is 0 Å². The molecule has 0 fully saturated rings. The second-order valence-corrected chi connectivity index (χ2v) is 10.5. The lowest BCUT2D eigenvalue weighted by Gasteiger charge is -2.25. The van der Waals surface area contributed by atoms with E-state index in [4.69, 9.17) is 0 Å².